The maximum absolute atomic E-state index is 10.1. The predicted octanol–water partition coefficient (Wildman–Crippen LogP) is 4.00. The Morgan fingerprint density at radius 1 is 1.00 bits per heavy atom. The summed E-state index contributed by atoms with van der Waals surface area (Å²) in [7, 11) is 0. The van der Waals surface area contributed by atoms with E-state index in [0.717, 1.165) is 20.0 Å². The summed E-state index contributed by atoms with van der Waals surface area (Å²) in [5.74, 6) is -1.64. The standard InChI is InChI=1S/C12H25.C5H8N2O2.C2H4O2.Na/c1-3-5-7-9-11-12-10-8-6-4-2;8-5(9)3-7-2-1-6-4-7;1-2(3)4;/h1,3-12H2,2H3;4H,1-3H2,(H,8,9);1H3,(H,3,4);. The molecule has 0 bridgehead atoms. The van der Waals surface area contributed by atoms with Crippen LogP contribution in [0, 0.1) is 0 Å². The van der Waals surface area contributed by atoms with E-state index in [1.807, 2.05) is 0 Å². The Morgan fingerprint density at radius 2 is 1.46 bits per heavy atom. The molecule has 0 saturated carbocycles. The van der Waals surface area contributed by atoms with Gasteiger partial charge in [-0.25, -0.2) is 0 Å². The van der Waals surface area contributed by atoms with Crippen LogP contribution in [0.15, 0.2) is 4.99 Å². The molecule has 0 radical (unpaired) electrons. The maximum Gasteiger partial charge on any atom is 0.323 e. The maximum atomic E-state index is 10.1. The molecule has 0 amide bonds. The fraction of sp³-hybridized carbons (Fsp3) is 0.842. The zero-order chi connectivity index (χ0) is 20.0. The minimum atomic E-state index is -0.833. The second-order valence-electron chi connectivity index (χ2n) is 6.59. The number of hydrogen-bond acceptors (Lipinski definition) is 4. The van der Waals surface area contributed by atoms with Gasteiger partial charge in [-0.2, -0.15) is 0 Å². The molecule has 1 aliphatic rings. The first-order valence-corrected chi connectivity index (χ1v) is 11.5. The van der Waals surface area contributed by atoms with Crippen molar-refractivity contribution in [2.24, 2.45) is 4.99 Å². The van der Waals surface area contributed by atoms with E-state index in [1.165, 1.54) is 95.8 Å². The second kappa shape index (κ2) is 22.5. The zero-order valence-electron chi connectivity index (χ0n) is 17.1. The third-order valence-electron chi connectivity index (χ3n) is 3.81. The zero-order valence-corrected chi connectivity index (χ0v) is 19.1. The van der Waals surface area contributed by atoms with Gasteiger partial charge < -0.3 is 15.1 Å². The van der Waals surface area contributed by atoms with Crippen LogP contribution in [0.2, 0.25) is 3.67 Å². The van der Waals surface area contributed by atoms with Crippen molar-refractivity contribution < 1.29 is 19.8 Å². The average molecular weight is 381 g/mol. The molecule has 1 rings (SSSR count). The van der Waals surface area contributed by atoms with Gasteiger partial charge in [0, 0.05) is 13.5 Å². The predicted molar refractivity (Wildman–Crippen MR) is 108 cm³/mol. The van der Waals surface area contributed by atoms with Crippen LogP contribution < -0.4 is 0 Å². The Balaban J connectivity index is 0. The van der Waals surface area contributed by atoms with Crippen LogP contribution in [0.1, 0.15) is 78.1 Å². The monoisotopic (exact) mass is 380 g/mol. The number of aliphatic carboxylic acids is 2. The van der Waals surface area contributed by atoms with Crippen LogP contribution in [-0.2, 0) is 9.59 Å². The molecule has 0 aromatic heterocycles. The summed E-state index contributed by atoms with van der Waals surface area (Å²) in [5, 5.41) is 15.7. The second-order valence-corrected chi connectivity index (χ2v) is 7.59. The summed E-state index contributed by atoms with van der Waals surface area (Å²) in [4.78, 5) is 24.6. The Hall–Kier alpha value is -0.590. The molecule has 0 aromatic rings. The van der Waals surface area contributed by atoms with Crippen molar-refractivity contribution in [3.05, 3.63) is 0 Å². The summed E-state index contributed by atoms with van der Waals surface area (Å²) in [6.45, 7) is 4.91. The van der Waals surface area contributed by atoms with Gasteiger partial charge in [-0.3, -0.25) is 14.6 Å². The van der Waals surface area contributed by atoms with Crippen LogP contribution in [-0.4, -0.2) is 81.0 Å². The van der Waals surface area contributed by atoms with E-state index in [4.69, 9.17) is 15.0 Å². The number of carboxylic acids is 2. The van der Waals surface area contributed by atoms with Gasteiger partial charge >= 0.3 is 109 Å². The van der Waals surface area contributed by atoms with Crippen LogP contribution in [0.4, 0.5) is 0 Å². The van der Waals surface area contributed by atoms with Crippen molar-refractivity contribution in [3.8, 4) is 0 Å². The van der Waals surface area contributed by atoms with Crippen LogP contribution in [0.3, 0.4) is 0 Å². The Morgan fingerprint density at radius 3 is 1.81 bits per heavy atom. The van der Waals surface area contributed by atoms with Crippen LogP contribution in [0.5, 0.6) is 0 Å². The quantitative estimate of drug-likeness (QED) is 0.394. The van der Waals surface area contributed by atoms with E-state index in [9.17, 15) is 4.79 Å². The molecule has 0 unspecified atom stereocenters. The molecule has 7 heteroatoms. The minimum absolute atomic E-state index is 0.0729. The third-order valence-corrected chi connectivity index (χ3v) is 4.51. The van der Waals surface area contributed by atoms with Gasteiger partial charge in [-0.05, 0) is 0 Å². The summed E-state index contributed by atoms with van der Waals surface area (Å²) in [6, 6.07) is 0. The van der Waals surface area contributed by atoms with Gasteiger partial charge in [0.05, 0.1) is 12.9 Å². The van der Waals surface area contributed by atoms with Gasteiger partial charge in [0.15, 0.2) is 0 Å². The van der Waals surface area contributed by atoms with Gasteiger partial charge in [-0.1, -0.05) is 0 Å². The number of rotatable bonds is 12. The molecule has 1 heterocycles. The van der Waals surface area contributed by atoms with Crippen molar-refractivity contribution in [1.29, 1.82) is 0 Å². The summed E-state index contributed by atoms with van der Waals surface area (Å²) in [6.07, 6.45) is 16.3. The molecular weight excluding hydrogens is 343 g/mol. The molecule has 0 fully saturated rings. The molecule has 0 aliphatic carbocycles. The Kier molecular flexibility index (Phi) is 23.9. The summed E-state index contributed by atoms with van der Waals surface area (Å²) < 4.78 is 1.51. The first-order valence-electron chi connectivity index (χ1n) is 10.1. The van der Waals surface area contributed by atoms with Gasteiger partial charge in [0.2, 0.25) is 0 Å². The van der Waals surface area contributed by atoms with E-state index < -0.39 is 11.9 Å². The smallest absolute Gasteiger partial charge is 0.323 e. The van der Waals surface area contributed by atoms with Gasteiger partial charge in [-0.15, -0.1) is 0 Å². The third kappa shape index (κ3) is 28.2. The van der Waals surface area contributed by atoms with Crippen molar-refractivity contribution >= 4 is 46.2 Å². The summed E-state index contributed by atoms with van der Waals surface area (Å²) in [5.41, 5.74) is 0. The molecule has 0 aromatic carbocycles. The molecule has 1 aliphatic heterocycles. The fourth-order valence-corrected chi connectivity index (χ4v) is 2.95. The summed E-state index contributed by atoms with van der Waals surface area (Å²) >= 11 is 1.41. The molecular formula is C19H37N2NaO4. The normalized spacial score (nSPS) is 12.1. The molecule has 26 heavy (non-hydrogen) atoms. The first-order chi connectivity index (χ1) is 12.4. The van der Waals surface area contributed by atoms with Crippen LogP contribution >= 0.6 is 0 Å². The largest absolute Gasteiger partial charge is 0.480 e. The number of carbonyl (C=O) groups is 2. The van der Waals surface area contributed by atoms with E-state index in [0.29, 0.717) is 0 Å². The number of carboxylic acid groups (broad SMARTS) is 2. The van der Waals surface area contributed by atoms with E-state index in [1.54, 1.807) is 11.2 Å². The first kappa shape index (κ1) is 27.6. The minimum Gasteiger partial charge on any atom is -0.480 e. The molecule has 148 valence electrons. The molecule has 0 spiro atoms. The van der Waals surface area contributed by atoms with E-state index in [2.05, 4.69) is 11.9 Å². The number of unbranched alkanes of at least 4 members (excludes halogenated alkanes) is 9. The topological polar surface area (TPSA) is 90.2 Å². The van der Waals surface area contributed by atoms with Gasteiger partial charge in [0.25, 0.3) is 5.97 Å². The van der Waals surface area contributed by atoms with Gasteiger partial charge in [0.1, 0.15) is 6.54 Å². The van der Waals surface area contributed by atoms with Crippen molar-refractivity contribution in [3.63, 3.8) is 0 Å². The van der Waals surface area contributed by atoms with Crippen molar-refractivity contribution in [2.75, 3.05) is 19.6 Å². The molecule has 0 atom stereocenters. The average Bonchev–Trinajstić information content (AvgIpc) is 3.06. The SMILES string of the molecule is CC(=O)O.CCCCCCCCCCC[CH2][Na].O=C(O)CN1C=NCC1. The molecule has 0 saturated heterocycles. The Bertz CT molecular complexity index is 351. The fourth-order valence-electron chi connectivity index (χ4n) is 2.45. The van der Waals surface area contributed by atoms with Crippen molar-refractivity contribution in [1.82, 2.24) is 4.90 Å². The van der Waals surface area contributed by atoms with E-state index in [-0.39, 0.29) is 6.54 Å². The Labute approximate surface area is 176 Å². The van der Waals surface area contributed by atoms with Crippen molar-refractivity contribution in [2.45, 2.75) is 81.7 Å². The van der Waals surface area contributed by atoms with Crippen LogP contribution in [0.25, 0.3) is 0 Å². The number of nitrogens with zero attached hydrogens (tertiary/aromatic N) is 2. The molecule has 2 N–H and O–H groups in total. The molecule has 6 nitrogen and oxygen atoms in total. The number of hydrogen-bond donors (Lipinski definition) is 2. The van der Waals surface area contributed by atoms with E-state index >= 15 is 0 Å². The number of aliphatic imine (C=N–C) groups is 1.